The molecular weight excluding hydrogens is 200 g/mol. The van der Waals surface area contributed by atoms with Crippen LogP contribution in [0.25, 0.3) is 5.69 Å². The Hall–Kier alpha value is -1.90. The van der Waals surface area contributed by atoms with Gasteiger partial charge in [-0.2, -0.15) is 5.10 Å². The van der Waals surface area contributed by atoms with Gasteiger partial charge in [0.25, 0.3) is 0 Å². The molecule has 0 N–H and O–H groups in total. The van der Waals surface area contributed by atoms with E-state index in [2.05, 4.69) is 5.10 Å². The average Bonchev–Trinajstić information content (AvgIpc) is 2.71. The van der Waals surface area contributed by atoms with Gasteiger partial charge in [0, 0.05) is 6.42 Å². The number of rotatable bonds is 3. The summed E-state index contributed by atoms with van der Waals surface area (Å²) in [5.41, 5.74) is 2.60. The second kappa shape index (κ2) is 4.31. The van der Waals surface area contributed by atoms with Gasteiger partial charge in [0.05, 0.1) is 23.1 Å². The zero-order chi connectivity index (χ0) is 11.5. The van der Waals surface area contributed by atoms with E-state index in [0.29, 0.717) is 12.0 Å². The van der Waals surface area contributed by atoms with E-state index < -0.39 is 0 Å². The van der Waals surface area contributed by atoms with Crippen molar-refractivity contribution in [2.45, 2.75) is 20.3 Å². The lowest BCUT2D eigenvalue weighted by Gasteiger charge is -2.04. The van der Waals surface area contributed by atoms with Crippen LogP contribution in [0.1, 0.15) is 29.4 Å². The molecule has 0 amide bonds. The molecule has 0 aliphatic heterocycles. The van der Waals surface area contributed by atoms with Crippen molar-refractivity contribution in [1.82, 2.24) is 9.78 Å². The first-order chi connectivity index (χ1) is 7.74. The number of carbonyl (C=O) groups is 1. The van der Waals surface area contributed by atoms with E-state index in [0.717, 1.165) is 11.4 Å². The van der Waals surface area contributed by atoms with E-state index in [1.54, 1.807) is 10.9 Å². The summed E-state index contributed by atoms with van der Waals surface area (Å²) in [5.74, 6) is 0.139. The van der Waals surface area contributed by atoms with Gasteiger partial charge in [0.15, 0.2) is 5.78 Å². The SMILES string of the molecule is CCC(=O)c1cnn(-c2ccccc2)c1C. The molecule has 3 nitrogen and oxygen atoms in total. The smallest absolute Gasteiger partial charge is 0.166 e. The van der Waals surface area contributed by atoms with Crippen molar-refractivity contribution in [2.75, 3.05) is 0 Å². The fourth-order valence-corrected chi connectivity index (χ4v) is 1.70. The summed E-state index contributed by atoms with van der Waals surface area (Å²) >= 11 is 0. The summed E-state index contributed by atoms with van der Waals surface area (Å²) in [7, 11) is 0. The number of Topliss-reactive ketones (excluding diaryl/α,β-unsaturated/α-hetero) is 1. The highest BCUT2D eigenvalue weighted by molar-refractivity contribution is 5.96. The minimum atomic E-state index is 0.139. The lowest BCUT2D eigenvalue weighted by atomic mass is 10.1. The van der Waals surface area contributed by atoms with Crippen molar-refractivity contribution >= 4 is 5.78 Å². The maximum Gasteiger partial charge on any atom is 0.166 e. The maximum atomic E-state index is 11.6. The quantitative estimate of drug-likeness (QED) is 0.736. The first kappa shape index (κ1) is 10.6. The van der Waals surface area contributed by atoms with Gasteiger partial charge in [-0.3, -0.25) is 4.79 Å². The lowest BCUT2D eigenvalue weighted by Crippen LogP contribution is -2.02. The van der Waals surface area contributed by atoms with Crippen LogP contribution in [0.5, 0.6) is 0 Å². The zero-order valence-electron chi connectivity index (χ0n) is 9.47. The maximum absolute atomic E-state index is 11.6. The Kier molecular flexibility index (Phi) is 2.86. The van der Waals surface area contributed by atoms with Crippen LogP contribution in [0.4, 0.5) is 0 Å². The van der Waals surface area contributed by atoms with Crippen molar-refractivity contribution < 1.29 is 4.79 Å². The third-order valence-corrected chi connectivity index (χ3v) is 2.63. The third-order valence-electron chi connectivity index (χ3n) is 2.63. The number of nitrogens with zero attached hydrogens (tertiary/aromatic N) is 2. The number of para-hydroxylation sites is 1. The number of hydrogen-bond donors (Lipinski definition) is 0. The van der Waals surface area contributed by atoms with Crippen molar-refractivity contribution in [1.29, 1.82) is 0 Å². The summed E-state index contributed by atoms with van der Waals surface area (Å²) in [6, 6.07) is 9.82. The Labute approximate surface area is 94.7 Å². The molecule has 1 aromatic carbocycles. The second-order valence-electron chi connectivity index (χ2n) is 3.67. The normalized spacial score (nSPS) is 10.4. The molecule has 0 aliphatic rings. The van der Waals surface area contributed by atoms with Gasteiger partial charge >= 0.3 is 0 Å². The van der Waals surface area contributed by atoms with Crippen molar-refractivity contribution in [3.63, 3.8) is 0 Å². The van der Waals surface area contributed by atoms with Crippen LogP contribution >= 0.6 is 0 Å². The van der Waals surface area contributed by atoms with Gasteiger partial charge in [0.2, 0.25) is 0 Å². The van der Waals surface area contributed by atoms with Gasteiger partial charge in [-0.15, -0.1) is 0 Å². The number of ketones is 1. The highest BCUT2D eigenvalue weighted by Gasteiger charge is 2.12. The van der Waals surface area contributed by atoms with Gasteiger partial charge in [-0.1, -0.05) is 25.1 Å². The van der Waals surface area contributed by atoms with E-state index in [9.17, 15) is 4.79 Å². The van der Waals surface area contributed by atoms with Crippen molar-refractivity contribution in [3.05, 3.63) is 47.8 Å². The predicted octanol–water partition coefficient (Wildman–Crippen LogP) is 2.77. The monoisotopic (exact) mass is 214 g/mol. The number of hydrogen-bond acceptors (Lipinski definition) is 2. The molecule has 16 heavy (non-hydrogen) atoms. The van der Waals surface area contributed by atoms with Crippen LogP contribution < -0.4 is 0 Å². The molecule has 0 atom stereocenters. The molecule has 1 aromatic heterocycles. The molecule has 0 spiro atoms. The minimum absolute atomic E-state index is 0.139. The van der Waals surface area contributed by atoms with Gasteiger partial charge in [-0.05, 0) is 19.1 Å². The Balaban J connectivity index is 2.45. The number of aromatic nitrogens is 2. The third kappa shape index (κ3) is 1.76. The summed E-state index contributed by atoms with van der Waals surface area (Å²) in [4.78, 5) is 11.6. The van der Waals surface area contributed by atoms with Crippen molar-refractivity contribution in [2.24, 2.45) is 0 Å². The van der Waals surface area contributed by atoms with Crippen LogP contribution in [0.3, 0.4) is 0 Å². The molecule has 0 bridgehead atoms. The summed E-state index contributed by atoms with van der Waals surface area (Å²) in [6.07, 6.45) is 2.16. The van der Waals surface area contributed by atoms with Crippen LogP contribution in [-0.4, -0.2) is 15.6 Å². The molecule has 0 saturated heterocycles. The van der Waals surface area contributed by atoms with Crippen LogP contribution in [0, 0.1) is 6.92 Å². The molecule has 2 aromatic rings. The summed E-state index contributed by atoms with van der Waals surface area (Å²) in [5, 5.41) is 4.25. The molecule has 82 valence electrons. The highest BCUT2D eigenvalue weighted by atomic mass is 16.1. The van der Waals surface area contributed by atoms with Crippen LogP contribution in [0.15, 0.2) is 36.5 Å². The lowest BCUT2D eigenvalue weighted by molar-refractivity contribution is 0.0987. The predicted molar refractivity (Wildman–Crippen MR) is 62.9 cm³/mol. The molecule has 0 saturated carbocycles. The standard InChI is InChI=1S/C13H14N2O/c1-3-13(16)12-9-14-15(10(12)2)11-7-5-4-6-8-11/h4-9H,3H2,1-2H3. The van der Waals surface area contributed by atoms with Crippen LogP contribution in [-0.2, 0) is 0 Å². The zero-order valence-corrected chi connectivity index (χ0v) is 9.47. The fourth-order valence-electron chi connectivity index (χ4n) is 1.70. The minimum Gasteiger partial charge on any atom is -0.294 e. The average molecular weight is 214 g/mol. The Morgan fingerprint density at radius 2 is 2.00 bits per heavy atom. The number of benzene rings is 1. The molecule has 0 unspecified atom stereocenters. The van der Waals surface area contributed by atoms with Crippen LogP contribution in [0.2, 0.25) is 0 Å². The largest absolute Gasteiger partial charge is 0.294 e. The fraction of sp³-hybridized carbons (Fsp3) is 0.231. The molecule has 3 heteroatoms. The Bertz CT molecular complexity index is 500. The molecule has 0 fully saturated rings. The van der Waals surface area contributed by atoms with E-state index in [1.807, 2.05) is 44.2 Å². The summed E-state index contributed by atoms with van der Waals surface area (Å²) in [6.45, 7) is 3.78. The molecule has 0 aliphatic carbocycles. The highest BCUT2D eigenvalue weighted by Crippen LogP contribution is 2.14. The molecule has 0 radical (unpaired) electrons. The molecule has 2 rings (SSSR count). The molecule has 1 heterocycles. The van der Waals surface area contributed by atoms with Crippen molar-refractivity contribution in [3.8, 4) is 5.69 Å². The molecular formula is C13H14N2O. The van der Waals surface area contributed by atoms with E-state index in [-0.39, 0.29) is 5.78 Å². The van der Waals surface area contributed by atoms with E-state index in [4.69, 9.17) is 0 Å². The topological polar surface area (TPSA) is 34.9 Å². The van der Waals surface area contributed by atoms with Gasteiger partial charge in [0.1, 0.15) is 0 Å². The van der Waals surface area contributed by atoms with Gasteiger partial charge < -0.3 is 0 Å². The summed E-state index contributed by atoms with van der Waals surface area (Å²) < 4.78 is 1.79. The first-order valence-corrected chi connectivity index (χ1v) is 5.37. The van der Waals surface area contributed by atoms with Gasteiger partial charge in [-0.25, -0.2) is 4.68 Å². The Morgan fingerprint density at radius 1 is 1.31 bits per heavy atom. The Morgan fingerprint density at radius 3 is 2.62 bits per heavy atom. The van der Waals surface area contributed by atoms with E-state index >= 15 is 0 Å². The second-order valence-corrected chi connectivity index (χ2v) is 3.67. The van der Waals surface area contributed by atoms with E-state index in [1.165, 1.54) is 0 Å². The first-order valence-electron chi connectivity index (χ1n) is 5.37. The number of carbonyl (C=O) groups excluding carboxylic acids is 1.